The lowest BCUT2D eigenvalue weighted by atomic mass is 9.93. The number of pyridine rings is 2. The predicted octanol–water partition coefficient (Wildman–Crippen LogP) is 12.8. The molecular formula is C46H30N2S. The van der Waals surface area contributed by atoms with Gasteiger partial charge in [0.2, 0.25) is 0 Å². The summed E-state index contributed by atoms with van der Waals surface area (Å²) in [7, 11) is 0. The monoisotopic (exact) mass is 642 g/mol. The van der Waals surface area contributed by atoms with E-state index >= 15 is 0 Å². The Balaban J connectivity index is 1.21. The molecule has 0 radical (unpaired) electrons. The Kier molecular flexibility index (Phi) is 7.38. The highest BCUT2D eigenvalue weighted by Crippen LogP contribution is 2.45. The minimum atomic E-state index is 0.964. The van der Waals surface area contributed by atoms with Crippen molar-refractivity contribution in [2.24, 2.45) is 0 Å². The molecule has 0 aliphatic rings. The molecule has 0 saturated heterocycles. The molecule has 0 N–H and O–H groups in total. The minimum absolute atomic E-state index is 0.964. The van der Waals surface area contributed by atoms with Crippen LogP contribution in [0.15, 0.2) is 182 Å². The molecule has 9 aromatic rings. The van der Waals surface area contributed by atoms with Gasteiger partial charge in [0.05, 0.1) is 11.4 Å². The van der Waals surface area contributed by atoms with E-state index in [0.717, 1.165) is 44.8 Å². The van der Waals surface area contributed by atoms with Gasteiger partial charge in [-0.25, -0.2) is 0 Å². The molecule has 9 rings (SSSR count). The van der Waals surface area contributed by atoms with Crippen LogP contribution in [0, 0.1) is 0 Å². The molecule has 3 aromatic heterocycles. The van der Waals surface area contributed by atoms with E-state index in [9.17, 15) is 0 Å². The normalized spacial score (nSPS) is 11.3. The van der Waals surface area contributed by atoms with E-state index in [1.165, 1.54) is 42.4 Å². The molecule has 6 aromatic carbocycles. The van der Waals surface area contributed by atoms with E-state index in [2.05, 4.69) is 158 Å². The van der Waals surface area contributed by atoms with Crippen LogP contribution in [0.3, 0.4) is 0 Å². The molecule has 0 aliphatic carbocycles. The first kappa shape index (κ1) is 29.0. The second-order valence-corrected chi connectivity index (χ2v) is 13.2. The molecule has 3 heteroatoms. The van der Waals surface area contributed by atoms with Crippen LogP contribution < -0.4 is 0 Å². The smallest absolute Gasteiger partial charge is 0.0702 e. The molecule has 0 atom stereocenters. The zero-order valence-corrected chi connectivity index (χ0v) is 27.4. The fourth-order valence-electron chi connectivity index (χ4n) is 6.70. The molecule has 0 aliphatic heterocycles. The Hall–Kier alpha value is -6.16. The second-order valence-electron chi connectivity index (χ2n) is 12.2. The number of thiophene rings is 1. The van der Waals surface area contributed by atoms with Gasteiger partial charge in [-0.1, -0.05) is 140 Å². The molecule has 0 amide bonds. The molecule has 0 fully saturated rings. The molecule has 0 bridgehead atoms. The lowest BCUT2D eigenvalue weighted by Gasteiger charge is -2.13. The summed E-state index contributed by atoms with van der Waals surface area (Å²) in [6.45, 7) is 0. The summed E-state index contributed by atoms with van der Waals surface area (Å²) < 4.78 is 2.60. The Bertz CT molecular complexity index is 2450. The van der Waals surface area contributed by atoms with Crippen LogP contribution in [0.1, 0.15) is 0 Å². The van der Waals surface area contributed by atoms with Gasteiger partial charge >= 0.3 is 0 Å². The van der Waals surface area contributed by atoms with Gasteiger partial charge in [-0.2, -0.15) is 0 Å². The van der Waals surface area contributed by atoms with Crippen molar-refractivity contribution in [3.63, 3.8) is 0 Å². The maximum Gasteiger partial charge on any atom is 0.0702 e. The lowest BCUT2D eigenvalue weighted by Crippen LogP contribution is -1.90. The van der Waals surface area contributed by atoms with E-state index in [1.807, 2.05) is 35.9 Å². The molecule has 2 nitrogen and oxygen atoms in total. The molecule has 230 valence electrons. The standard InChI is InChI=1S/C46H30N2S/c1-4-12-31(13-5-1)39-18-10-20-41-42-21-11-19-40(46(42)49-45(39)41)38-27-36(34-22-24-43(47-29-34)32-14-6-2-7-15-32)26-37(28-38)35-23-25-44(48-30-35)33-16-8-3-9-17-33/h1-30H. The summed E-state index contributed by atoms with van der Waals surface area (Å²) in [5, 5.41) is 2.57. The zero-order chi connectivity index (χ0) is 32.6. The number of aromatic nitrogens is 2. The number of hydrogen-bond donors (Lipinski definition) is 0. The summed E-state index contributed by atoms with van der Waals surface area (Å²) in [6, 6.07) is 60.2. The van der Waals surface area contributed by atoms with Crippen molar-refractivity contribution in [1.29, 1.82) is 0 Å². The predicted molar refractivity (Wildman–Crippen MR) is 208 cm³/mol. The van der Waals surface area contributed by atoms with Crippen molar-refractivity contribution in [3.8, 4) is 67.0 Å². The SMILES string of the molecule is c1ccc(-c2ccc(-c3cc(-c4ccc(-c5ccccc5)nc4)cc(-c4cccc5c4sc4c(-c6ccccc6)cccc45)c3)cn2)cc1. The Morgan fingerprint density at radius 1 is 0.306 bits per heavy atom. The molecule has 3 heterocycles. The summed E-state index contributed by atoms with van der Waals surface area (Å²) in [4.78, 5) is 9.76. The van der Waals surface area contributed by atoms with E-state index in [-0.39, 0.29) is 0 Å². The van der Waals surface area contributed by atoms with Gasteiger partial charge in [0.25, 0.3) is 0 Å². The highest BCUT2D eigenvalue weighted by Gasteiger charge is 2.16. The summed E-state index contributed by atoms with van der Waals surface area (Å²) >= 11 is 1.88. The first-order valence-corrected chi connectivity index (χ1v) is 17.3. The summed E-state index contributed by atoms with van der Waals surface area (Å²) in [5.74, 6) is 0. The molecule has 0 saturated carbocycles. The van der Waals surface area contributed by atoms with Crippen LogP contribution in [0.4, 0.5) is 0 Å². The van der Waals surface area contributed by atoms with E-state index in [1.54, 1.807) is 0 Å². The first-order valence-electron chi connectivity index (χ1n) is 16.5. The van der Waals surface area contributed by atoms with Crippen LogP contribution in [0.25, 0.3) is 87.2 Å². The number of nitrogens with zero attached hydrogens (tertiary/aromatic N) is 2. The second kappa shape index (κ2) is 12.5. The van der Waals surface area contributed by atoms with E-state index < -0.39 is 0 Å². The van der Waals surface area contributed by atoms with Gasteiger partial charge in [0.15, 0.2) is 0 Å². The van der Waals surface area contributed by atoms with E-state index in [4.69, 9.17) is 9.97 Å². The number of fused-ring (bicyclic) bond motifs is 3. The molecule has 0 spiro atoms. The largest absolute Gasteiger partial charge is 0.256 e. The average Bonchev–Trinajstić information content (AvgIpc) is 3.58. The lowest BCUT2D eigenvalue weighted by molar-refractivity contribution is 1.32. The van der Waals surface area contributed by atoms with Crippen LogP contribution in [0.2, 0.25) is 0 Å². The minimum Gasteiger partial charge on any atom is -0.256 e. The fourth-order valence-corrected chi connectivity index (χ4v) is 8.07. The summed E-state index contributed by atoms with van der Waals surface area (Å²) in [5.41, 5.74) is 13.4. The summed E-state index contributed by atoms with van der Waals surface area (Å²) in [6.07, 6.45) is 3.99. The average molecular weight is 643 g/mol. The van der Waals surface area contributed by atoms with Gasteiger partial charge in [-0.3, -0.25) is 9.97 Å². The van der Waals surface area contributed by atoms with Crippen LogP contribution in [-0.2, 0) is 0 Å². The first-order chi connectivity index (χ1) is 24.3. The van der Waals surface area contributed by atoms with Gasteiger partial charge in [-0.05, 0) is 63.7 Å². The number of hydrogen-bond acceptors (Lipinski definition) is 3. The van der Waals surface area contributed by atoms with Crippen molar-refractivity contribution < 1.29 is 0 Å². The van der Waals surface area contributed by atoms with Crippen LogP contribution >= 0.6 is 11.3 Å². The van der Waals surface area contributed by atoms with Gasteiger partial charge < -0.3 is 0 Å². The van der Waals surface area contributed by atoms with Gasteiger partial charge in [0, 0.05) is 54.8 Å². The van der Waals surface area contributed by atoms with Crippen molar-refractivity contribution in [1.82, 2.24) is 9.97 Å². The third-order valence-corrected chi connectivity index (χ3v) is 10.5. The van der Waals surface area contributed by atoms with E-state index in [0.29, 0.717) is 0 Å². The zero-order valence-electron chi connectivity index (χ0n) is 26.6. The quantitative estimate of drug-likeness (QED) is 0.180. The Morgan fingerprint density at radius 3 is 1.18 bits per heavy atom. The fraction of sp³-hybridized carbons (Fsp3) is 0. The molecule has 0 unspecified atom stereocenters. The van der Waals surface area contributed by atoms with Crippen molar-refractivity contribution >= 4 is 31.5 Å². The van der Waals surface area contributed by atoms with Crippen molar-refractivity contribution in [2.75, 3.05) is 0 Å². The number of benzene rings is 6. The van der Waals surface area contributed by atoms with Gasteiger partial charge in [0.1, 0.15) is 0 Å². The third kappa shape index (κ3) is 5.50. The van der Waals surface area contributed by atoms with Crippen LogP contribution in [0.5, 0.6) is 0 Å². The van der Waals surface area contributed by atoms with Crippen molar-refractivity contribution in [2.45, 2.75) is 0 Å². The Morgan fingerprint density at radius 2 is 0.735 bits per heavy atom. The Labute approximate surface area is 289 Å². The molecular weight excluding hydrogens is 613 g/mol. The molecule has 49 heavy (non-hydrogen) atoms. The topological polar surface area (TPSA) is 25.8 Å². The third-order valence-electron chi connectivity index (χ3n) is 9.19. The maximum atomic E-state index is 4.88. The maximum absolute atomic E-state index is 4.88. The van der Waals surface area contributed by atoms with Crippen LogP contribution in [-0.4, -0.2) is 9.97 Å². The highest BCUT2D eigenvalue weighted by molar-refractivity contribution is 7.26. The highest BCUT2D eigenvalue weighted by atomic mass is 32.1. The van der Waals surface area contributed by atoms with Gasteiger partial charge in [-0.15, -0.1) is 11.3 Å². The van der Waals surface area contributed by atoms with Crippen molar-refractivity contribution in [3.05, 3.63) is 182 Å². The number of rotatable bonds is 6.